The van der Waals surface area contributed by atoms with E-state index in [1.807, 2.05) is 6.92 Å². The van der Waals surface area contributed by atoms with Crippen molar-refractivity contribution < 1.29 is 24.9 Å². The molecule has 8 saturated carbocycles. The predicted molar refractivity (Wildman–Crippen MR) is 272 cm³/mol. The molecule has 0 spiro atoms. The number of hydrogen-bond acceptors (Lipinski definition) is 13. The molecule has 69 heavy (non-hydrogen) atoms. The summed E-state index contributed by atoms with van der Waals surface area (Å²) in [6.07, 6.45) is 33.3. The molecule has 11 N–H and O–H groups in total. The molecule has 5 saturated heterocycles. The van der Waals surface area contributed by atoms with Crippen LogP contribution in [0.5, 0.6) is 0 Å². The Morgan fingerprint density at radius 2 is 0.899 bits per heavy atom. The normalized spacial score (nSPS) is 56.0. The number of ether oxygens (including phenoxy) is 1. The van der Waals surface area contributed by atoms with E-state index in [2.05, 4.69) is 49.5 Å². The first-order chi connectivity index (χ1) is 33.0. The lowest BCUT2D eigenvalue weighted by Gasteiger charge is -2.64. The summed E-state index contributed by atoms with van der Waals surface area (Å²) in [6.45, 7) is 4.69. The number of carbonyl (C=O) groups is 1. The fraction of sp³-hybridized carbons (Fsp3) is 0.945. The molecule has 388 valence electrons. The molecule has 8 aliphatic carbocycles. The van der Waals surface area contributed by atoms with Crippen LogP contribution in [0.1, 0.15) is 168 Å². The summed E-state index contributed by atoms with van der Waals surface area (Å²) in [6, 6.07) is 0. The molecule has 0 radical (unpaired) electrons. The van der Waals surface area contributed by atoms with E-state index in [1.165, 1.54) is 103 Å². The maximum absolute atomic E-state index is 12.1. The Kier molecular flexibility index (Phi) is 13.4. The van der Waals surface area contributed by atoms with Crippen molar-refractivity contribution in [1.82, 2.24) is 42.5 Å². The van der Waals surface area contributed by atoms with Gasteiger partial charge in [-0.3, -0.25) is 42.5 Å². The van der Waals surface area contributed by atoms with Gasteiger partial charge in [0.1, 0.15) is 6.61 Å². The summed E-state index contributed by atoms with van der Waals surface area (Å²) >= 11 is 0. The molecule has 0 amide bonds. The van der Waals surface area contributed by atoms with Gasteiger partial charge < -0.3 is 20.1 Å². The van der Waals surface area contributed by atoms with Crippen molar-refractivity contribution in [2.45, 2.75) is 235 Å². The Balaban J connectivity index is 0.000000150. The monoisotopic (exact) mass is 975 g/mol. The van der Waals surface area contributed by atoms with E-state index < -0.39 is 17.1 Å². The zero-order valence-corrected chi connectivity index (χ0v) is 41.6. The Morgan fingerprint density at radius 1 is 0.507 bits per heavy atom. The lowest BCUT2D eigenvalue weighted by Crippen LogP contribution is -2.67. The number of aliphatic hydroxyl groups excluding tert-OH is 2. The molecule has 17 atom stereocenters. The summed E-state index contributed by atoms with van der Waals surface area (Å²) in [4.78, 5) is 11.6. The molecule has 13 fully saturated rings. The fourth-order valence-electron chi connectivity index (χ4n) is 20.3. The molecule has 6 heterocycles. The van der Waals surface area contributed by atoms with E-state index in [0.717, 1.165) is 91.4 Å². The van der Waals surface area contributed by atoms with Gasteiger partial charge in [-0.15, -0.1) is 0 Å². The van der Waals surface area contributed by atoms with Gasteiger partial charge in [0.2, 0.25) is 0 Å². The topological polar surface area (TPSA) is 183 Å². The van der Waals surface area contributed by atoms with Crippen LogP contribution in [0.4, 0.5) is 0 Å². The number of rotatable bonds is 1. The minimum absolute atomic E-state index is 0. The molecule has 0 aromatic carbocycles. The molecule has 8 bridgehead atoms. The van der Waals surface area contributed by atoms with Gasteiger partial charge in [0.05, 0.1) is 67.1 Å². The van der Waals surface area contributed by atoms with Crippen LogP contribution in [-0.4, -0.2) is 106 Å². The van der Waals surface area contributed by atoms with Gasteiger partial charge in [-0.1, -0.05) is 65.2 Å². The van der Waals surface area contributed by atoms with Crippen molar-refractivity contribution in [3.05, 3.63) is 11.6 Å². The lowest BCUT2D eigenvalue weighted by atomic mass is 9.42. The maximum Gasteiger partial charge on any atom is 0.331 e. The number of aliphatic hydroxyl groups is 3. The van der Waals surface area contributed by atoms with Gasteiger partial charge in [-0.2, -0.15) is 0 Å². The maximum atomic E-state index is 12.1. The van der Waals surface area contributed by atoms with E-state index in [4.69, 9.17) is 4.74 Å². The van der Waals surface area contributed by atoms with E-state index in [0.29, 0.717) is 80.6 Å². The first kappa shape index (κ1) is 48.9. The Bertz CT molecular complexity index is 1710. The summed E-state index contributed by atoms with van der Waals surface area (Å²) in [5.74, 6) is 6.63. The van der Waals surface area contributed by atoms with Crippen LogP contribution in [0.15, 0.2) is 11.6 Å². The minimum Gasteiger partial charge on any atom is -0.458 e. The molecule has 14 rings (SSSR count). The van der Waals surface area contributed by atoms with Crippen molar-refractivity contribution in [3.63, 3.8) is 0 Å². The van der Waals surface area contributed by atoms with E-state index in [9.17, 15) is 20.1 Å². The SMILES string of the molecule is C1CCC2C3NC(NC4NC(NC5NC(NC6NC(N3)C3CCCCC63)C3CCCCC53)C3CCCCC43)C2C1.C[C@]12CC[C@H](O)C[C@H]1CC[C@@H]1[C@@H]2C[C@@H](O)[C@]2(C)[C@@H](C3=CC(=O)OC3)CC[C@]12O.[SiH4]. The number of hydrogen-bond donors (Lipinski definition) is 11. The number of esters is 1. The predicted octanol–water partition coefficient (Wildman–Crippen LogP) is 3.73. The van der Waals surface area contributed by atoms with Crippen LogP contribution >= 0.6 is 0 Å². The van der Waals surface area contributed by atoms with Crippen molar-refractivity contribution in [1.29, 1.82) is 0 Å². The Hall–Kier alpha value is -1.01. The fourth-order valence-corrected chi connectivity index (χ4v) is 20.3. The highest BCUT2D eigenvalue weighted by atomic mass is 28.1. The van der Waals surface area contributed by atoms with Crippen molar-refractivity contribution >= 4 is 16.9 Å². The highest BCUT2D eigenvalue weighted by Crippen LogP contribution is 2.70. The second-order valence-corrected chi connectivity index (χ2v) is 26.4. The second-order valence-electron chi connectivity index (χ2n) is 26.4. The molecule has 0 aromatic heterocycles. The zero-order valence-electron chi connectivity index (χ0n) is 41.6. The summed E-state index contributed by atoms with van der Waals surface area (Å²) in [5.41, 5.74) is -0.507. The molecular weight excluding hydrogens is 881 g/mol. The first-order valence-electron chi connectivity index (χ1n) is 29.0. The average molecular weight is 975 g/mol. The van der Waals surface area contributed by atoms with Gasteiger partial charge in [-0.05, 0) is 196 Å². The molecule has 6 aliphatic heterocycles. The summed E-state index contributed by atoms with van der Waals surface area (Å²) in [5, 5.41) is 67.5. The Labute approximate surface area is 418 Å². The molecule has 8 unspecified atom stereocenters. The van der Waals surface area contributed by atoms with Crippen LogP contribution in [0.2, 0.25) is 0 Å². The van der Waals surface area contributed by atoms with Crippen LogP contribution in [0.25, 0.3) is 0 Å². The number of cyclic esters (lactones) is 1. The molecule has 0 aromatic rings. The lowest BCUT2D eigenvalue weighted by molar-refractivity contribution is -0.244. The summed E-state index contributed by atoms with van der Waals surface area (Å²) in [7, 11) is 0. The molecule has 14 aliphatic rings. The van der Waals surface area contributed by atoms with Gasteiger partial charge in [0.15, 0.2) is 0 Å². The first-order valence-corrected chi connectivity index (χ1v) is 29.0. The van der Waals surface area contributed by atoms with E-state index in [-0.39, 0.29) is 40.3 Å². The summed E-state index contributed by atoms with van der Waals surface area (Å²) < 4.78 is 5.16. The van der Waals surface area contributed by atoms with E-state index >= 15 is 0 Å². The van der Waals surface area contributed by atoms with Crippen molar-refractivity contribution in [2.75, 3.05) is 6.61 Å². The van der Waals surface area contributed by atoms with Gasteiger partial charge >= 0.3 is 5.97 Å². The largest absolute Gasteiger partial charge is 0.458 e. The second kappa shape index (κ2) is 19.0. The smallest absolute Gasteiger partial charge is 0.331 e. The number of carbonyl (C=O) groups excluding carboxylic acids is 1. The molecule has 13 nitrogen and oxygen atoms in total. The van der Waals surface area contributed by atoms with Gasteiger partial charge in [0.25, 0.3) is 0 Å². The van der Waals surface area contributed by atoms with Crippen LogP contribution in [0, 0.1) is 81.8 Å². The van der Waals surface area contributed by atoms with E-state index in [1.54, 1.807) is 6.08 Å². The molecular formula is C55H94N8O5Si. The van der Waals surface area contributed by atoms with Gasteiger partial charge in [0, 0.05) is 11.5 Å². The van der Waals surface area contributed by atoms with Crippen molar-refractivity contribution in [3.8, 4) is 0 Å². The highest BCUT2D eigenvalue weighted by Gasteiger charge is 2.71. The highest BCUT2D eigenvalue weighted by molar-refractivity contribution is 5.85. The average Bonchev–Trinajstić information content (AvgIpc) is 4.20. The third kappa shape index (κ3) is 8.01. The quantitative estimate of drug-likeness (QED) is 0.135. The molecule has 14 heteroatoms. The van der Waals surface area contributed by atoms with Crippen LogP contribution in [0.3, 0.4) is 0 Å². The third-order valence-electron chi connectivity index (χ3n) is 23.8. The van der Waals surface area contributed by atoms with Crippen LogP contribution in [-0.2, 0) is 9.53 Å². The minimum atomic E-state index is -0.906. The van der Waals surface area contributed by atoms with Crippen LogP contribution < -0.4 is 42.5 Å². The number of fused-ring (bicyclic) bond motifs is 25. The van der Waals surface area contributed by atoms with Gasteiger partial charge in [-0.25, -0.2) is 4.79 Å². The van der Waals surface area contributed by atoms with Crippen molar-refractivity contribution in [2.24, 2.45) is 81.8 Å². The standard InChI is InChI=1S/C32H56N8.C23H34O5.H4Si/c1-2-10-18-17(9-1)25-33-26(18)38-28-21-13-5-6-14-22(21)30(35-28)40-32-24-16-8-7-15-23(24)31(36-32)39-29-20-12-4-3-11-19(20)27(34-29)37-25;1-21-7-5-15(24)10-14(21)3-4-17-18(21)11-19(25)22(2)16(6-8-23(17,22)27)13-9-20(26)28-12-13;/h17-40H,1-16H2;9,14-19,24-25,27H,3-8,10-12H2,1-2H3;1H4/t;14-,15+,16-,17-,18+,19-,21+,22+,23+;/m.1./s1. The third-order valence-corrected chi connectivity index (χ3v) is 23.8. The zero-order chi connectivity index (χ0) is 46.1. The number of nitrogens with one attached hydrogen (secondary N) is 8. The Morgan fingerprint density at radius 3 is 1.26 bits per heavy atom.